The Kier molecular flexibility index (Phi) is 6.26. The predicted molar refractivity (Wildman–Crippen MR) is 113 cm³/mol. The number of esters is 1. The molecule has 2 aromatic rings. The Morgan fingerprint density at radius 2 is 1.43 bits per heavy atom. The summed E-state index contributed by atoms with van der Waals surface area (Å²) in [5, 5.41) is 0. The minimum Gasteiger partial charge on any atom is -0.452 e. The van der Waals surface area contributed by atoms with E-state index in [1.165, 1.54) is 25.7 Å². The molecular weight excluding hydrogens is 378 g/mol. The topological polar surface area (TPSA) is 63.7 Å². The first-order chi connectivity index (χ1) is 14.6. The van der Waals surface area contributed by atoms with Crippen molar-refractivity contribution in [3.05, 3.63) is 71.3 Å². The summed E-state index contributed by atoms with van der Waals surface area (Å²) in [5.41, 5.74) is 1.43. The van der Waals surface area contributed by atoms with Gasteiger partial charge < -0.3 is 9.64 Å². The average molecular weight is 405 g/mol. The van der Waals surface area contributed by atoms with Gasteiger partial charge in [-0.3, -0.25) is 9.59 Å². The van der Waals surface area contributed by atoms with Crippen molar-refractivity contribution in [3.63, 3.8) is 0 Å². The molecule has 0 spiro atoms. The van der Waals surface area contributed by atoms with E-state index in [1.807, 2.05) is 23.1 Å². The molecule has 1 saturated carbocycles. The molecule has 1 aliphatic carbocycles. The largest absolute Gasteiger partial charge is 0.452 e. The fraction of sp³-hybridized carbons (Fsp3) is 0.400. The van der Waals surface area contributed by atoms with Crippen molar-refractivity contribution in [3.8, 4) is 0 Å². The Balaban J connectivity index is 1.29. The molecule has 5 heteroatoms. The van der Waals surface area contributed by atoms with E-state index in [2.05, 4.69) is 0 Å². The minimum atomic E-state index is -0.547. The smallest absolute Gasteiger partial charge is 0.338 e. The maximum atomic E-state index is 12.5. The van der Waals surface area contributed by atoms with E-state index in [0.717, 1.165) is 25.4 Å². The first kappa shape index (κ1) is 20.3. The third-order valence-electron chi connectivity index (χ3n) is 6.39. The zero-order valence-electron chi connectivity index (χ0n) is 17.1. The number of hydrogen-bond donors (Lipinski definition) is 0. The van der Waals surface area contributed by atoms with Crippen LogP contribution in [0, 0.1) is 11.8 Å². The van der Waals surface area contributed by atoms with Crippen LogP contribution in [0.2, 0.25) is 0 Å². The van der Waals surface area contributed by atoms with Crippen LogP contribution in [0.15, 0.2) is 54.6 Å². The number of ether oxygens (including phenoxy) is 1. The lowest BCUT2D eigenvalue weighted by molar-refractivity contribution is -0.137. The van der Waals surface area contributed by atoms with Gasteiger partial charge in [0.1, 0.15) is 0 Å². The summed E-state index contributed by atoms with van der Waals surface area (Å²) in [7, 11) is 0. The lowest BCUT2D eigenvalue weighted by Gasteiger charge is -2.41. The number of amides is 1. The number of rotatable bonds is 5. The highest BCUT2D eigenvalue weighted by atomic mass is 16.5. The maximum Gasteiger partial charge on any atom is 0.338 e. The first-order valence-corrected chi connectivity index (χ1v) is 10.8. The van der Waals surface area contributed by atoms with E-state index in [0.29, 0.717) is 22.6 Å². The van der Waals surface area contributed by atoms with Gasteiger partial charge in [-0.1, -0.05) is 61.7 Å². The zero-order chi connectivity index (χ0) is 20.9. The van der Waals surface area contributed by atoms with Gasteiger partial charge in [-0.05, 0) is 36.8 Å². The second-order valence-corrected chi connectivity index (χ2v) is 8.28. The number of piperidine rings is 1. The van der Waals surface area contributed by atoms with Crippen molar-refractivity contribution in [1.29, 1.82) is 0 Å². The third-order valence-corrected chi connectivity index (χ3v) is 6.39. The number of ketones is 1. The van der Waals surface area contributed by atoms with Gasteiger partial charge >= 0.3 is 5.97 Å². The predicted octanol–water partition coefficient (Wildman–Crippen LogP) is 4.11. The van der Waals surface area contributed by atoms with Crippen LogP contribution >= 0.6 is 0 Å². The van der Waals surface area contributed by atoms with Gasteiger partial charge in [0.2, 0.25) is 0 Å². The Morgan fingerprint density at radius 3 is 2.17 bits per heavy atom. The van der Waals surface area contributed by atoms with Crippen LogP contribution in [0.5, 0.6) is 0 Å². The minimum absolute atomic E-state index is 0.100. The van der Waals surface area contributed by atoms with Gasteiger partial charge in [-0.15, -0.1) is 0 Å². The van der Waals surface area contributed by atoms with Crippen LogP contribution in [0.1, 0.15) is 58.4 Å². The van der Waals surface area contributed by atoms with Crippen molar-refractivity contribution in [2.24, 2.45) is 11.8 Å². The molecule has 0 bridgehead atoms. The zero-order valence-corrected chi connectivity index (χ0v) is 17.1. The molecule has 2 aliphatic rings. The highest BCUT2D eigenvalue weighted by Gasteiger charge is 2.33. The van der Waals surface area contributed by atoms with Crippen molar-refractivity contribution in [2.75, 3.05) is 19.7 Å². The molecule has 0 N–H and O–H groups in total. The molecule has 1 heterocycles. The summed E-state index contributed by atoms with van der Waals surface area (Å²) in [6, 6.07) is 15.3. The van der Waals surface area contributed by atoms with Crippen LogP contribution in [0.3, 0.4) is 0 Å². The number of nitrogens with zero attached hydrogens (tertiary/aromatic N) is 1. The number of benzene rings is 2. The maximum absolute atomic E-state index is 12.5. The van der Waals surface area contributed by atoms with E-state index < -0.39 is 5.97 Å². The number of carbonyl (C=O) groups is 3. The number of carbonyl (C=O) groups excluding carboxylic acids is 3. The summed E-state index contributed by atoms with van der Waals surface area (Å²) in [6.45, 7) is 1.31. The van der Waals surface area contributed by atoms with Gasteiger partial charge in [0, 0.05) is 24.2 Å². The summed E-state index contributed by atoms with van der Waals surface area (Å²) in [5.74, 6) is 0.582. The SMILES string of the molecule is O=C(OCC(=O)N1CC[C@@H]2CCCC[C@H]2C1)c1ccc(C(=O)c2ccccc2)cc1. The molecule has 4 rings (SSSR count). The summed E-state index contributed by atoms with van der Waals surface area (Å²) in [6.07, 6.45) is 6.09. The highest BCUT2D eigenvalue weighted by molar-refractivity contribution is 6.09. The Bertz CT molecular complexity index is 907. The van der Waals surface area contributed by atoms with Gasteiger partial charge in [0.05, 0.1) is 5.56 Å². The van der Waals surface area contributed by atoms with Crippen LogP contribution in [-0.4, -0.2) is 42.3 Å². The number of likely N-dealkylation sites (tertiary alicyclic amines) is 1. The summed E-state index contributed by atoms with van der Waals surface area (Å²) >= 11 is 0. The monoisotopic (exact) mass is 405 g/mol. The summed E-state index contributed by atoms with van der Waals surface area (Å²) in [4.78, 5) is 39.1. The van der Waals surface area contributed by atoms with Gasteiger partial charge in [-0.2, -0.15) is 0 Å². The normalized spacial score (nSPS) is 20.9. The van der Waals surface area contributed by atoms with Gasteiger partial charge in [0.15, 0.2) is 12.4 Å². The Hall–Kier alpha value is -2.95. The molecule has 2 atom stereocenters. The molecule has 1 amide bonds. The molecule has 1 saturated heterocycles. The van der Waals surface area contributed by atoms with Crippen molar-refractivity contribution < 1.29 is 19.1 Å². The van der Waals surface area contributed by atoms with E-state index in [-0.39, 0.29) is 18.3 Å². The first-order valence-electron chi connectivity index (χ1n) is 10.8. The molecule has 30 heavy (non-hydrogen) atoms. The molecule has 0 aromatic heterocycles. The second-order valence-electron chi connectivity index (χ2n) is 8.28. The van der Waals surface area contributed by atoms with E-state index in [4.69, 9.17) is 4.74 Å². The molecule has 156 valence electrons. The lowest BCUT2D eigenvalue weighted by Crippen LogP contribution is -2.46. The molecule has 2 aromatic carbocycles. The average Bonchev–Trinajstić information content (AvgIpc) is 2.82. The Morgan fingerprint density at radius 1 is 0.800 bits per heavy atom. The molecular formula is C25H27NO4. The molecule has 2 fully saturated rings. The van der Waals surface area contributed by atoms with Crippen LogP contribution in [-0.2, 0) is 9.53 Å². The standard InChI is InChI=1S/C25H27NO4/c27-23(26-15-14-18-6-4-5-9-22(18)16-26)17-30-25(29)21-12-10-20(11-13-21)24(28)19-7-2-1-3-8-19/h1-3,7-8,10-13,18,22H,4-6,9,14-17H2/t18-,22-/m0/s1. The van der Waals surface area contributed by atoms with E-state index in [1.54, 1.807) is 36.4 Å². The van der Waals surface area contributed by atoms with Gasteiger partial charge in [0.25, 0.3) is 5.91 Å². The van der Waals surface area contributed by atoms with Gasteiger partial charge in [-0.25, -0.2) is 4.79 Å². The molecule has 0 unspecified atom stereocenters. The quantitative estimate of drug-likeness (QED) is 0.555. The van der Waals surface area contributed by atoms with E-state index >= 15 is 0 Å². The van der Waals surface area contributed by atoms with Crippen molar-refractivity contribution in [1.82, 2.24) is 4.90 Å². The van der Waals surface area contributed by atoms with Crippen molar-refractivity contribution in [2.45, 2.75) is 32.1 Å². The molecule has 1 aliphatic heterocycles. The fourth-order valence-corrected chi connectivity index (χ4v) is 4.64. The van der Waals surface area contributed by atoms with Crippen LogP contribution in [0.4, 0.5) is 0 Å². The fourth-order valence-electron chi connectivity index (χ4n) is 4.64. The third kappa shape index (κ3) is 4.61. The molecule has 5 nitrogen and oxygen atoms in total. The number of fused-ring (bicyclic) bond motifs is 1. The molecule has 0 radical (unpaired) electrons. The Labute approximate surface area is 177 Å². The highest BCUT2D eigenvalue weighted by Crippen LogP contribution is 2.36. The van der Waals surface area contributed by atoms with E-state index in [9.17, 15) is 14.4 Å². The lowest BCUT2D eigenvalue weighted by atomic mass is 9.75. The summed E-state index contributed by atoms with van der Waals surface area (Å²) < 4.78 is 5.25. The van der Waals surface area contributed by atoms with Crippen LogP contribution < -0.4 is 0 Å². The number of hydrogen-bond acceptors (Lipinski definition) is 4. The van der Waals surface area contributed by atoms with Crippen LogP contribution in [0.25, 0.3) is 0 Å². The van der Waals surface area contributed by atoms with Crippen molar-refractivity contribution >= 4 is 17.7 Å². The second kappa shape index (κ2) is 9.24.